The second-order valence-electron chi connectivity index (χ2n) is 7.99. The summed E-state index contributed by atoms with van der Waals surface area (Å²) in [5.74, 6) is 1.49. The molecule has 0 aromatic heterocycles. The van der Waals surface area contributed by atoms with E-state index in [-0.39, 0.29) is 16.9 Å². The number of benzene rings is 3. The molecule has 1 aliphatic carbocycles. The molecule has 144 valence electrons. The third kappa shape index (κ3) is 3.70. The van der Waals surface area contributed by atoms with Crippen LogP contribution in [-0.4, -0.2) is 15.3 Å². The Hall–Kier alpha value is -2.94. The molecule has 0 unspecified atom stereocenters. The van der Waals surface area contributed by atoms with E-state index in [0.717, 1.165) is 32.1 Å². The maximum absolute atomic E-state index is 9.72. The molecular formula is C25H26O3. The molecule has 1 fully saturated rings. The molecule has 0 bridgehead atoms. The van der Waals surface area contributed by atoms with Gasteiger partial charge in [-0.05, 0) is 91.1 Å². The van der Waals surface area contributed by atoms with E-state index in [0.29, 0.717) is 11.7 Å². The van der Waals surface area contributed by atoms with Crippen LogP contribution in [0, 0.1) is 5.92 Å². The van der Waals surface area contributed by atoms with E-state index < -0.39 is 0 Å². The van der Waals surface area contributed by atoms with Crippen LogP contribution in [0.4, 0.5) is 0 Å². The molecule has 3 heteroatoms. The molecule has 0 heterocycles. The summed E-state index contributed by atoms with van der Waals surface area (Å²) < 4.78 is 0. The van der Waals surface area contributed by atoms with Crippen molar-refractivity contribution in [3.63, 3.8) is 0 Å². The first-order chi connectivity index (χ1) is 13.5. The lowest BCUT2D eigenvalue weighted by molar-refractivity contribution is 0.264. The number of aromatic hydroxyl groups is 3. The van der Waals surface area contributed by atoms with Gasteiger partial charge in [0.2, 0.25) is 0 Å². The van der Waals surface area contributed by atoms with Crippen molar-refractivity contribution in [1.82, 2.24) is 0 Å². The van der Waals surface area contributed by atoms with Gasteiger partial charge in [0.15, 0.2) is 0 Å². The molecule has 1 saturated carbocycles. The predicted octanol–water partition coefficient (Wildman–Crippen LogP) is 5.52. The zero-order chi connectivity index (χ0) is 19.6. The van der Waals surface area contributed by atoms with Gasteiger partial charge in [-0.3, -0.25) is 0 Å². The van der Waals surface area contributed by atoms with Gasteiger partial charge in [-0.1, -0.05) is 36.4 Å². The summed E-state index contributed by atoms with van der Waals surface area (Å²) in [6.07, 6.45) is 5.32. The Morgan fingerprint density at radius 1 is 0.607 bits per heavy atom. The normalized spacial score (nSPS) is 16.7. The maximum atomic E-state index is 9.72. The van der Waals surface area contributed by atoms with Gasteiger partial charge in [0.25, 0.3) is 0 Å². The quantitative estimate of drug-likeness (QED) is 0.563. The molecule has 3 nitrogen and oxygen atoms in total. The van der Waals surface area contributed by atoms with Crippen molar-refractivity contribution >= 4 is 0 Å². The molecule has 0 spiro atoms. The van der Waals surface area contributed by atoms with Gasteiger partial charge in [0, 0.05) is 5.41 Å². The van der Waals surface area contributed by atoms with Crippen LogP contribution < -0.4 is 0 Å². The number of rotatable bonds is 4. The van der Waals surface area contributed by atoms with E-state index in [4.69, 9.17) is 0 Å². The lowest BCUT2D eigenvalue weighted by Crippen LogP contribution is -2.33. The van der Waals surface area contributed by atoms with Crippen molar-refractivity contribution in [2.75, 3.05) is 0 Å². The monoisotopic (exact) mass is 374 g/mol. The van der Waals surface area contributed by atoms with Gasteiger partial charge in [-0.15, -0.1) is 0 Å². The summed E-state index contributed by atoms with van der Waals surface area (Å²) >= 11 is 0. The number of hydrogen-bond donors (Lipinski definition) is 3. The van der Waals surface area contributed by atoms with E-state index in [1.165, 1.54) is 16.7 Å². The first-order valence-corrected chi connectivity index (χ1v) is 9.92. The van der Waals surface area contributed by atoms with Gasteiger partial charge in [-0.2, -0.15) is 0 Å². The van der Waals surface area contributed by atoms with Crippen molar-refractivity contribution in [3.8, 4) is 17.2 Å². The highest BCUT2D eigenvalue weighted by atomic mass is 16.3. The Morgan fingerprint density at radius 3 is 1.43 bits per heavy atom. The summed E-state index contributed by atoms with van der Waals surface area (Å²) in [4.78, 5) is 0. The molecule has 0 amide bonds. The van der Waals surface area contributed by atoms with E-state index in [2.05, 4.69) is 0 Å². The van der Waals surface area contributed by atoms with Crippen LogP contribution in [0.25, 0.3) is 0 Å². The Labute approximate surface area is 165 Å². The lowest BCUT2D eigenvalue weighted by Gasteiger charge is -2.41. The molecule has 3 aromatic carbocycles. The average molecular weight is 374 g/mol. The summed E-state index contributed by atoms with van der Waals surface area (Å²) in [5, 5.41) is 28.9. The summed E-state index contributed by atoms with van der Waals surface area (Å²) in [6, 6.07) is 22.7. The van der Waals surface area contributed by atoms with Gasteiger partial charge in [0.1, 0.15) is 17.2 Å². The highest BCUT2D eigenvalue weighted by Crippen LogP contribution is 2.47. The van der Waals surface area contributed by atoms with Gasteiger partial charge >= 0.3 is 0 Å². The van der Waals surface area contributed by atoms with E-state index in [1.54, 1.807) is 36.4 Å². The highest BCUT2D eigenvalue weighted by Gasteiger charge is 2.38. The van der Waals surface area contributed by atoms with Gasteiger partial charge in [0.05, 0.1) is 0 Å². The molecule has 0 saturated heterocycles. The second kappa shape index (κ2) is 7.59. The molecule has 3 aromatic rings. The van der Waals surface area contributed by atoms with Gasteiger partial charge < -0.3 is 15.3 Å². The smallest absolute Gasteiger partial charge is 0.115 e. The molecule has 0 radical (unpaired) electrons. The van der Waals surface area contributed by atoms with Crippen LogP contribution in [0.3, 0.4) is 0 Å². The topological polar surface area (TPSA) is 60.7 Å². The highest BCUT2D eigenvalue weighted by molar-refractivity contribution is 5.43. The van der Waals surface area contributed by atoms with Gasteiger partial charge in [-0.25, -0.2) is 0 Å². The van der Waals surface area contributed by atoms with E-state index in [1.807, 2.05) is 36.4 Å². The largest absolute Gasteiger partial charge is 0.508 e. The van der Waals surface area contributed by atoms with Crippen LogP contribution in [0.2, 0.25) is 0 Å². The molecule has 4 rings (SSSR count). The SMILES string of the molecule is Oc1ccc(CC2CCC(c3ccc(O)cc3)(c3ccc(O)cc3)CC2)cc1. The Kier molecular flexibility index (Phi) is 4.99. The van der Waals surface area contributed by atoms with Crippen LogP contribution in [-0.2, 0) is 11.8 Å². The minimum absolute atomic E-state index is 0.0904. The minimum Gasteiger partial charge on any atom is -0.508 e. The molecule has 0 aliphatic heterocycles. The number of phenols is 3. The third-order valence-corrected chi connectivity index (χ3v) is 6.26. The molecule has 3 N–H and O–H groups in total. The average Bonchev–Trinajstić information content (AvgIpc) is 2.72. The Morgan fingerprint density at radius 2 is 1.00 bits per heavy atom. The molecule has 1 aliphatic rings. The van der Waals surface area contributed by atoms with E-state index in [9.17, 15) is 15.3 Å². The Bertz CT molecular complexity index is 856. The maximum Gasteiger partial charge on any atom is 0.115 e. The molecule has 0 atom stereocenters. The first-order valence-electron chi connectivity index (χ1n) is 9.92. The van der Waals surface area contributed by atoms with Crippen molar-refractivity contribution in [2.45, 2.75) is 37.5 Å². The van der Waals surface area contributed by atoms with Crippen molar-refractivity contribution in [2.24, 2.45) is 5.92 Å². The van der Waals surface area contributed by atoms with Crippen LogP contribution in [0.15, 0.2) is 72.8 Å². The standard InChI is InChI=1S/C25H26O3/c26-22-7-1-18(2-8-22)17-19-13-15-25(16-14-19,20-3-9-23(27)10-4-20)21-5-11-24(28)12-6-21/h1-12,19,26-28H,13-17H2. The zero-order valence-electron chi connectivity index (χ0n) is 15.9. The minimum atomic E-state index is -0.0904. The fourth-order valence-corrected chi connectivity index (χ4v) is 4.64. The van der Waals surface area contributed by atoms with Crippen molar-refractivity contribution < 1.29 is 15.3 Å². The molecule has 28 heavy (non-hydrogen) atoms. The van der Waals surface area contributed by atoms with Crippen molar-refractivity contribution in [1.29, 1.82) is 0 Å². The third-order valence-electron chi connectivity index (χ3n) is 6.26. The first kappa shape index (κ1) is 18.4. The van der Waals surface area contributed by atoms with E-state index >= 15 is 0 Å². The fraction of sp³-hybridized carbons (Fsp3) is 0.280. The zero-order valence-corrected chi connectivity index (χ0v) is 15.9. The number of phenolic OH excluding ortho intramolecular Hbond substituents is 3. The predicted molar refractivity (Wildman–Crippen MR) is 111 cm³/mol. The lowest BCUT2D eigenvalue weighted by atomic mass is 9.62. The summed E-state index contributed by atoms with van der Waals surface area (Å²) in [7, 11) is 0. The van der Waals surface area contributed by atoms with Crippen molar-refractivity contribution in [3.05, 3.63) is 89.5 Å². The van der Waals surface area contributed by atoms with Crippen LogP contribution in [0.5, 0.6) is 17.2 Å². The summed E-state index contributed by atoms with van der Waals surface area (Å²) in [5.41, 5.74) is 3.62. The molecular weight excluding hydrogens is 348 g/mol. The summed E-state index contributed by atoms with van der Waals surface area (Å²) in [6.45, 7) is 0. The second-order valence-corrected chi connectivity index (χ2v) is 7.99. The number of hydrogen-bond acceptors (Lipinski definition) is 3. The van der Waals surface area contributed by atoms with Crippen LogP contribution in [0.1, 0.15) is 42.4 Å². The Balaban J connectivity index is 1.58. The van der Waals surface area contributed by atoms with Crippen LogP contribution >= 0.6 is 0 Å². The fourth-order valence-electron chi connectivity index (χ4n) is 4.64.